The number of ether oxygens (including phenoxy) is 5. The van der Waals surface area contributed by atoms with Gasteiger partial charge in [-0.2, -0.15) is 0 Å². The van der Waals surface area contributed by atoms with Crippen LogP contribution in [0.1, 0.15) is 22.8 Å². The molecule has 0 spiro atoms. The molecule has 0 amide bonds. The number of rotatable bonds is 12. The lowest BCUT2D eigenvalue weighted by Gasteiger charge is -2.12. The molecule has 2 rings (SSSR count). The molecule has 0 aliphatic rings. The van der Waals surface area contributed by atoms with Crippen molar-refractivity contribution in [3.05, 3.63) is 53.6 Å². The van der Waals surface area contributed by atoms with Crippen molar-refractivity contribution in [1.29, 1.82) is 0 Å². The first-order valence-electron chi connectivity index (χ1n) is 9.51. The maximum absolute atomic E-state index is 12.2. The molecule has 0 fully saturated rings. The van der Waals surface area contributed by atoms with Crippen molar-refractivity contribution < 1.29 is 38.1 Å². The lowest BCUT2D eigenvalue weighted by molar-refractivity contribution is -0.148. The van der Waals surface area contributed by atoms with Gasteiger partial charge in [-0.15, -0.1) is 0 Å². The van der Waals surface area contributed by atoms with Gasteiger partial charge in [0, 0.05) is 5.56 Å². The second-order valence-corrected chi connectivity index (χ2v) is 5.91. The fourth-order valence-corrected chi connectivity index (χ4v) is 2.45. The third-order valence-corrected chi connectivity index (χ3v) is 3.85. The number of carbonyl (C=O) groups excluding carboxylic acids is 2. The van der Waals surface area contributed by atoms with Crippen molar-refractivity contribution >= 4 is 18.2 Å². The number of carbonyl (C=O) groups is 2. The largest absolute Gasteiger partial charge is 0.496 e. The monoisotopic (exact) mass is 431 g/mol. The Bertz CT molecular complexity index is 897. The van der Waals surface area contributed by atoms with Crippen LogP contribution >= 0.6 is 0 Å². The van der Waals surface area contributed by atoms with Gasteiger partial charge in [0.2, 0.25) is 6.61 Å². The highest BCUT2D eigenvalue weighted by atomic mass is 16.6. The summed E-state index contributed by atoms with van der Waals surface area (Å²) in [5.41, 5.74) is 1.02. The normalized spacial score (nSPS) is 10.4. The molecule has 2 aromatic carbocycles. The maximum atomic E-state index is 12.2. The number of para-hydroxylation sites is 1. The van der Waals surface area contributed by atoms with Crippen LogP contribution in [0.2, 0.25) is 0 Å². The lowest BCUT2D eigenvalue weighted by Crippen LogP contribution is -2.13. The van der Waals surface area contributed by atoms with Gasteiger partial charge in [0.05, 0.1) is 27.0 Å². The number of methoxy groups -OCH3 is 2. The van der Waals surface area contributed by atoms with E-state index in [1.165, 1.54) is 20.4 Å². The van der Waals surface area contributed by atoms with E-state index < -0.39 is 11.9 Å². The summed E-state index contributed by atoms with van der Waals surface area (Å²) in [5.74, 6) is 0.388. The van der Waals surface area contributed by atoms with Crippen LogP contribution in [0.5, 0.6) is 17.2 Å². The van der Waals surface area contributed by atoms with Gasteiger partial charge in [-0.05, 0) is 37.3 Å². The van der Waals surface area contributed by atoms with Gasteiger partial charge in [0.15, 0.2) is 11.5 Å². The van der Waals surface area contributed by atoms with Gasteiger partial charge >= 0.3 is 11.9 Å². The van der Waals surface area contributed by atoms with Crippen LogP contribution in [0, 0.1) is 0 Å². The van der Waals surface area contributed by atoms with E-state index in [2.05, 4.69) is 5.16 Å². The summed E-state index contributed by atoms with van der Waals surface area (Å²) in [6.45, 7) is 1.90. The number of hydrogen-bond donors (Lipinski definition) is 0. The van der Waals surface area contributed by atoms with Crippen LogP contribution in [0.3, 0.4) is 0 Å². The number of nitrogens with zero attached hydrogens (tertiary/aromatic N) is 1. The minimum atomic E-state index is -0.498. The van der Waals surface area contributed by atoms with Gasteiger partial charge in [0.1, 0.15) is 24.5 Å². The van der Waals surface area contributed by atoms with E-state index in [-0.39, 0.29) is 26.4 Å². The van der Waals surface area contributed by atoms with Gasteiger partial charge in [-0.3, -0.25) is 0 Å². The molecular weight excluding hydrogens is 406 g/mol. The third kappa shape index (κ3) is 7.54. The van der Waals surface area contributed by atoms with Crippen molar-refractivity contribution in [2.75, 3.05) is 40.6 Å². The maximum Gasteiger partial charge on any atom is 0.347 e. The van der Waals surface area contributed by atoms with E-state index >= 15 is 0 Å². The Morgan fingerprint density at radius 1 is 0.935 bits per heavy atom. The zero-order valence-corrected chi connectivity index (χ0v) is 17.7. The molecule has 0 aliphatic heterocycles. The summed E-state index contributed by atoms with van der Waals surface area (Å²) >= 11 is 0. The molecule has 0 atom stereocenters. The Hall–Kier alpha value is -3.75. The van der Waals surface area contributed by atoms with Crippen LogP contribution in [0.15, 0.2) is 47.6 Å². The van der Waals surface area contributed by atoms with E-state index in [1.54, 1.807) is 49.4 Å². The number of esters is 2. The van der Waals surface area contributed by atoms with E-state index in [0.29, 0.717) is 28.4 Å². The molecule has 0 radical (unpaired) electrons. The van der Waals surface area contributed by atoms with E-state index in [0.717, 1.165) is 0 Å². The summed E-state index contributed by atoms with van der Waals surface area (Å²) in [7, 11) is 2.99. The second-order valence-electron chi connectivity index (χ2n) is 5.91. The van der Waals surface area contributed by atoms with Crippen LogP contribution in [0.4, 0.5) is 0 Å². The smallest absolute Gasteiger partial charge is 0.347 e. The summed E-state index contributed by atoms with van der Waals surface area (Å²) in [6.07, 6.45) is 1.43. The molecule has 0 heterocycles. The van der Waals surface area contributed by atoms with Crippen LogP contribution in [-0.2, 0) is 19.1 Å². The zero-order chi connectivity index (χ0) is 22.5. The molecule has 31 heavy (non-hydrogen) atoms. The van der Waals surface area contributed by atoms with Gasteiger partial charge in [0.25, 0.3) is 0 Å². The number of benzene rings is 2. The summed E-state index contributed by atoms with van der Waals surface area (Å²) in [6, 6.07) is 11.9. The average Bonchev–Trinajstić information content (AvgIpc) is 2.80. The predicted octanol–water partition coefficient (Wildman–Crippen LogP) is 2.85. The van der Waals surface area contributed by atoms with Crippen LogP contribution in [-0.4, -0.2) is 58.8 Å². The minimum absolute atomic E-state index is 0.0466. The molecule has 9 heteroatoms. The first kappa shape index (κ1) is 23.5. The van der Waals surface area contributed by atoms with Crippen molar-refractivity contribution in [2.24, 2.45) is 5.16 Å². The SMILES string of the molecule is CCOC(=O)CO/N=C/c1ccc(OCCOC(=O)c2ccccc2OC)c(OC)c1. The quantitative estimate of drug-likeness (QED) is 0.219. The molecule has 0 aromatic heterocycles. The molecule has 0 saturated carbocycles. The highest BCUT2D eigenvalue weighted by Gasteiger charge is 2.13. The van der Waals surface area contributed by atoms with E-state index in [1.807, 2.05) is 0 Å². The van der Waals surface area contributed by atoms with Gasteiger partial charge < -0.3 is 28.5 Å². The fourth-order valence-electron chi connectivity index (χ4n) is 2.45. The molecule has 0 unspecified atom stereocenters. The average molecular weight is 431 g/mol. The number of oxime groups is 1. The van der Waals surface area contributed by atoms with Gasteiger partial charge in [-0.25, -0.2) is 9.59 Å². The highest BCUT2D eigenvalue weighted by molar-refractivity contribution is 5.92. The topological polar surface area (TPSA) is 102 Å². The van der Waals surface area contributed by atoms with Crippen LogP contribution in [0.25, 0.3) is 0 Å². The van der Waals surface area contributed by atoms with E-state index in [4.69, 9.17) is 28.5 Å². The molecule has 0 N–H and O–H groups in total. The molecule has 166 valence electrons. The standard InChI is InChI=1S/C22H25NO8/c1-4-28-21(24)15-31-23-14-16-9-10-19(20(13-16)27-3)29-11-12-30-22(25)17-7-5-6-8-18(17)26-2/h5-10,13-14H,4,11-12,15H2,1-3H3/b23-14+. The first-order chi connectivity index (χ1) is 15.1. The van der Waals surface area contributed by atoms with Crippen LogP contribution < -0.4 is 14.2 Å². The summed E-state index contributed by atoms with van der Waals surface area (Å²) in [4.78, 5) is 28.2. The molecule has 0 aliphatic carbocycles. The molecular formula is C22H25NO8. The van der Waals surface area contributed by atoms with Crippen molar-refractivity contribution in [3.63, 3.8) is 0 Å². The first-order valence-corrected chi connectivity index (χ1v) is 9.51. The summed E-state index contributed by atoms with van der Waals surface area (Å²) in [5, 5.41) is 3.72. The Morgan fingerprint density at radius 3 is 2.45 bits per heavy atom. The van der Waals surface area contributed by atoms with Crippen molar-refractivity contribution in [1.82, 2.24) is 0 Å². The Labute approximate surface area is 180 Å². The lowest BCUT2D eigenvalue weighted by atomic mass is 10.2. The third-order valence-electron chi connectivity index (χ3n) is 3.85. The fraction of sp³-hybridized carbons (Fsp3) is 0.318. The summed E-state index contributed by atoms with van der Waals surface area (Å²) < 4.78 is 26.1. The minimum Gasteiger partial charge on any atom is -0.496 e. The predicted molar refractivity (Wildman–Crippen MR) is 112 cm³/mol. The molecule has 9 nitrogen and oxygen atoms in total. The highest BCUT2D eigenvalue weighted by Crippen LogP contribution is 2.27. The zero-order valence-electron chi connectivity index (χ0n) is 17.7. The Morgan fingerprint density at radius 2 is 1.71 bits per heavy atom. The molecule has 0 saturated heterocycles. The Balaban J connectivity index is 1.84. The van der Waals surface area contributed by atoms with E-state index in [9.17, 15) is 9.59 Å². The van der Waals surface area contributed by atoms with Crippen molar-refractivity contribution in [2.45, 2.75) is 6.92 Å². The van der Waals surface area contributed by atoms with Crippen molar-refractivity contribution in [3.8, 4) is 17.2 Å². The molecule has 0 bridgehead atoms. The molecule has 2 aromatic rings. The van der Waals surface area contributed by atoms with Gasteiger partial charge in [-0.1, -0.05) is 17.3 Å². The number of hydrogen-bond acceptors (Lipinski definition) is 9. The second kappa shape index (κ2) is 12.7. The Kier molecular flexibility index (Phi) is 9.67.